The Hall–Kier alpha value is -1.01. The van der Waals surface area contributed by atoms with Crippen molar-refractivity contribution in [2.24, 2.45) is 0 Å². The number of benzene rings is 1. The summed E-state index contributed by atoms with van der Waals surface area (Å²) in [4.78, 5) is 6.66. The molecule has 1 heterocycles. The summed E-state index contributed by atoms with van der Waals surface area (Å²) in [6.45, 7) is 0. The number of rotatable bonds is 2. The molecule has 0 saturated carbocycles. The van der Waals surface area contributed by atoms with Crippen LogP contribution in [0.2, 0.25) is 0 Å². The van der Waals surface area contributed by atoms with Crippen molar-refractivity contribution in [1.29, 1.82) is 0 Å². The average molecular weight is 340 g/mol. The second-order valence-corrected chi connectivity index (χ2v) is 4.76. The number of H-pyrrole nitrogens is 1. The maximum atomic E-state index is 12.9. The van der Waals surface area contributed by atoms with Crippen LogP contribution in [0.25, 0.3) is 11.4 Å². The van der Waals surface area contributed by atoms with Crippen LogP contribution in [0.1, 0.15) is 11.3 Å². The van der Waals surface area contributed by atoms with Crippen LogP contribution in [-0.2, 0) is 12.1 Å². The summed E-state index contributed by atoms with van der Waals surface area (Å²) in [5.41, 5.74) is -0.169. The van der Waals surface area contributed by atoms with Crippen molar-refractivity contribution >= 4 is 27.5 Å². The Morgan fingerprint density at radius 2 is 2.06 bits per heavy atom. The Morgan fingerprint density at radius 1 is 1.33 bits per heavy atom. The van der Waals surface area contributed by atoms with E-state index in [1.165, 1.54) is 18.3 Å². The molecule has 0 unspecified atom stereocenters. The van der Waals surface area contributed by atoms with Crippen molar-refractivity contribution in [2.75, 3.05) is 0 Å². The molecule has 2 rings (SSSR count). The largest absolute Gasteiger partial charge is 0.417 e. The first kappa shape index (κ1) is 13.4. The Morgan fingerprint density at radius 3 is 2.61 bits per heavy atom. The van der Waals surface area contributed by atoms with E-state index in [1.807, 2.05) is 0 Å². The number of aromatic amines is 1. The summed E-state index contributed by atoms with van der Waals surface area (Å²) in [6, 6.07) is 3.93. The van der Waals surface area contributed by atoms with Crippen LogP contribution in [0.15, 0.2) is 28.9 Å². The lowest BCUT2D eigenvalue weighted by Gasteiger charge is -2.11. The quantitative estimate of drug-likeness (QED) is 0.796. The van der Waals surface area contributed by atoms with E-state index >= 15 is 0 Å². The minimum atomic E-state index is -4.44. The third-order valence-electron chi connectivity index (χ3n) is 2.31. The van der Waals surface area contributed by atoms with Gasteiger partial charge in [-0.25, -0.2) is 4.98 Å². The molecule has 0 aliphatic heterocycles. The number of aromatic nitrogens is 2. The number of imidazole rings is 1. The average Bonchev–Trinajstić information content (AvgIpc) is 2.76. The number of nitrogens with one attached hydrogen (secondary N) is 1. The second kappa shape index (κ2) is 4.93. The number of halogens is 5. The van der Waals surface area contributed by atoms with E-state index < -0.39 is 11.7 Å². The van der Waals surface area contributed by atoms with Gasteiger partial charge in [0.05, 0.1) is 11.4 Å². The van der Waals surface area contributed by atoms with Crippen molar-refractivity contribution < 1.29 is 13.2 Å². The zero-order valence-corrected chi connectivity index (χ0v) is 11.2. The van der Waals surface area contributed by atoms with E-state index in [-0.39, 0.29) is 17.3 Å². The van der Waals surface area contributed by atoms with Gasteiger partial charge in [-0.15, -0.1) is 11.6 Å². The normalized spacial score (nSPS) is 11.8. The predicted octanol–water partition coefficient (Wildman–Crippen LogP) is 4.60. The molecule has 0 amide bonds. The van der Waals surface area contributed by atoms with Crippen LogP contribution in [0.4, 0.5) is 13.2 Å². The number of alkyl halides is 4. The first-order valence-electron chi connectivity index (χ1n) is 4.89. The molecule has 0 atom stereocenters. The van der Waals surface area contributed by atoms with Crippen molar-refractivity contribution in [3.05, 3.63) is 40.1 Å². The zero-order valence-electron chi connectivity index (χ0n) is 8.85. The minimum Gasteiger partial charge on any atom is -0.341 e. The van der Waals surface area contributed by atoms with Crippen LogP contribution >= 0.6 is 27.5 Å². The fraction of sp³-hybridized carbons (Fsp3) is 0.182. The summed E-state index contributed by atoms with van der Waals surface area (Å²) < 4.78 is 39.1. The monoisotopic (exact) mass is 338 g/mol. The SMILES string of the molecule is FC(F)(F)c1cc(Br)ccc1-c1ncc(CCl)[nH]1. The van der Waals surface area contributed by atoms with Gasteiger partial charge in [-0.3, -0.25) is 0 Å². The van der Waals surface area contributed by atoms with Gasteiger partial charge in [0.15, 0.2) is 0 Å². The van der Waals surface area contributed by atoms with Gasteiger partial charge < -0.3 is 4.98 Å². The molecule has 0 fully saturated rings. The van der Waals surface area contributed by atoms with Gasteiger partial charge in [-0.05, 0) is 18.2 Å². The fourth-order valence-corrected chi connectivity index (χ4v) is 2.02. The highest BCUT2D eigenvalue weighted by molar-refractivity contribution is 9.10. The molecule has 7 heteroatoms. The van der Waals surface area contributed by atoms with Crippen LogP contribution in [-0.4, -0.2) is 9.97 Å². The summed E-state index contributed by atoms with van der Waals surface area (Å²) >= 11 is 8.61. The van der Waals surface area contributed by atoms with Gasteiger partial charge in [-0.1, -0.05) is 15.9 Å². The summed E-state index contributed by atoms with van der Waals surface area (Å²) in [7, 11) is 0. The molecule has 0 aliphatic carbocycles. The van der Waals surface area contributed by atoms with Crippen molar-refractivity contribution in [2.45, 2.75) is 12.1 Å². The van der Waals surface area contributed by atoms with Crippen molar-refractivity contribution in [3.8, 4) is 11.4 Å². The molecule has 2 nitrogen and oxygen atoms in total. The van der Waals surface area contributed by atoms with Crippen molar-refractivity contribution in [3.63, 3.8) is 0 Å². The molecule has 0 radical (unpaired) electrons. The third kappa shape index (κ3) is 2.70. The fourth-order valence-electron chi connectivity index (χ4n) is 1.52. The highest BCUT2D eigenvalue weighted by Crippen LogP contribution is 2.37. The van der Waals surface area contributed by atoms with E-state index in [0.717, 1.165) is 6.07 Å². The lowest BCUT2D eigenvalue weighted by molar-refractivity contribution is -0.137. The van der Waals surface area contributed by atoms with E-state index in [9.17, 15) is 13.2 Å². The molecule has 2 aromatic rings. The van der Waals surface area contributed by atoms with Crippen LogP contribution in [0.5, 0.6) is 0 Å². The van der Waals surface area contributed by atoms with E-state index in [0.29, 0.717) is 10.2 Å². The Balaban J connectivity index is 2.56. The first-order chi connectivity index (χ1) is 8.41. The molecule has 18 heavy (non-hydrogen) atoms. The van der Waals surface area contributed by atoms with Gasteiger partial charge in [0, 0.05) is 21.9 Å². The van der Waals surface area contributed by atoms with Crippen LogP contribution in [0, 0.1) is 0 Å². The van der Waals surface area contributed by atoms with Crippen LogP contribution in [0.3, 0.4) is 0 Å². The Kier molecular flexibility index (Phi) is 3.68. The Labute approximate surface area is 114 Å². The molecule has 1 aromatic carbocycles. The molecular formula is C11H7BrClF3N2. The number of nitrogens with zero attached hydrogens (tertiary/aromatic N) is 1. The van der Waals surface area contributed by atoms with E-state index in [1.54, 1.807) is 0 Å². The van der Waals surface area contributed by atoms with Gasteiger partial charge in [0.25, 0.3) is 0 Å². The zero-order chi connectivity index (χ0) is 13.3. The van der Waals surface area contributed by atoms with Gasteiger partial charge in [0.1, 0.15) is 5.82 Å². The molecule has 0 saturated heterocycles. The summed E-state index contributed by atoms with van der Waals surface area (Å²) in [6.07, 6.45) is -3.02. The smallest absolute Gasteiger partial charge is 0.341 e. The Bertz CT molecular complexity index is 566. The van der Waals surface area contributed by atoms with E-state index in [4.69, 9.17) is 11.6 Å². The van der Waals surface area contributed by atoms with Gasteiger partial charge >= 0.3 is 6.18 Å². The highest BCUT2D eigenvalue weighted by atomic mass is 79.9. The lowest BCUT2D eigenvalue weighted by Crippen LogP contribution is -2.07. The van der Waals surface area contributed by atoms with Gasteiger partial charge in [-0.2, -0.15) is 13.2 Å². The molecular weight excluding hydrogens is 332 g/mol. The minimum absolute atomic E-state index is 0.00191. The first-order valence-corrected chi connectivity index (χ1v) is 6.21. The molecule has 1 aromatic heterocycles. The standard InChI is InChI=1S/C11H7BrClF3N2/c12-6-1-2-8(9(3-6)11(14,15)16)10-17-5-7(4-13)18-10/h1-3,5H,4H2,(H,17,18). The topological polar surface area (TPSA) is 28.7 Å². The number of hydrogen-bond donors (Lipinski definition) is 1. The van der Waals surface area contributed by atoms with Gasteiger partial charge in [0.2, 0.25) is 0 Å². The summed E-state index contributed by atoms with van der Waals surface area (Å²) in [5, 5.41) is 0. The third-order valence-corrected chi connectivity index (χ3v) is 3.10. The maximum absolute atomic E-state index is 12.9. The predicted molar refractivity (Wildman–Crippen MR) is 66.3 cm³/mol. The molecule has 96 valence electrons. The molecule has 0 spiro atoms. The molecule has 0 aliphatic rings. The molecule has 0 bridgehead atoms. The molecule has 1 N–H and O–H groups in total. The van der Waals surface area contributed by atoms with Crippen molar-refractivity contribution in [1.82, 2.24) is 9.97 Å². The lowest BCUT2D eigenvalue weighted by atomic mass is 10.1. The highest BCUT2D eigenvalue weighted by Gasteiger charge is 2.34. The number of hydrogen-bond acceptors (Lipinski definition) is 1. The summed E-state index contributed by atoms with van der Waals surface area (Å²) in [5.74, 6) is 0.329. The maximum Gasteiger partial charge on any atom is 0.417 e. The van der Waals surface area contributed by atoms with E-state index in [2.05, 4.69) is 25.9 Å². The second-order valence-electron chi connectivity index (χ2n) is 3.58. The van der Waals surface area contributed by atoms with Crippen LogP contribution < -0.4 is 0 Å².